The first kappa shape index (κ1) is 15.5. The van der Waals surface area contributed by atoms with Crippen LogP contribution in [0.5, 0.6) is 5.75 Å². The van der Waals surface area contributed by atoms with Crippen molar-refractivity contribution < 1.29 is 14.2 Å². The predicted octanol–water partition coefficient (Wildman–Crippen LogP) is 2.71. The fraction of sp³-hybridized carbons (Fsp3) is 0.438. The Morgan fingerprint density at radius 2 is 1.95 bits per heavy atom. The number of ether oxygens (including phenoxy) is 3. The maximum absolute atomic E-state index is 5.43. The van der Waals surface area contributed by atoms with Gasteiger partial charge in [-0.2, -0.15) is 0 Å². The molecule has 1 heterocycles. The maximum Gasteiger partial charge on any atom is 0.133 e. The van der Waals surface area contributed by atoms with Crippen LogP contribution in [-0.4, -0.2) is 45.6 Å². The smallest absolute Gasteiger partial charge is 0.133 e. The van der Waals surface area contributed by atoms with Crippen molar-refractivity contribution in [1.82, 2.24) is 4.98 Å². The van der Waals surface area contributed by atoms with Crippen LogP contribution in [0.3, 0.4) is 0 Å². The summed E-state index contributed by atoms with van der Waals surface area (Å²) in [4.78, 5) is 4.40. The molecule has 0 fully saturated rings. The Morgan fingerprint density at radius 3 is 2.76 bits per heavy atom. The number of rotatable bonds is 9. The van der Waals surface area contributed by atoms with Gasteiger partial charge in [0.15, 0.2) is 0 Å². The fourth-order valence-corrected chi connectivity index (χ4v) is 2.12. The van der Waals surface area contributed by atoms with Gasteiger partial charge in [0.2, 0.25) is 0 Å². The van der Waals surface area contributed by atoms with E-state index < -0.39 is 0 Å². The fourth-order valence-electron chi connectivity index (χ4n) is 2.12. The summed E-state index contributed by atoms with van der Waals surface area (Å²) in [6.45, 7) is 2.80. The zero-order chi connectivity index (χ0) is 14.9. The highest BCUT2D eigenvalue weighted by atomic mass is 16.5. The minimum Gasteiger partial charge on any atom is -0.496 e. The minimum absolute atomic E-state index is 0.637. The number of anilines is 1. The number of methoxy groups -OCH3 is 2. The summed E-state index contributed by atoms with van der Waals surface area (Å²) in [6.07, 6.45) is 2.72. The van der Waals surface area contributed by atoms with E-state index in [-0.39, 0.29) is 0 Å². The van der Waals surface area contributed by atoms with Gasteiger partial charge in [-0.25, -0.2) is 4.98 Å². The Morgan fingerprint density at radius 1 is 1.05 bits per heavy atom. The third-order valence-electron chi connectivity index (χ3n) is 3.18. The van der Waals surface area contributed by atoms with Gasteiger partial charge >= 0.3 is 0 Å². The second kappa shape index (κ2) is 8.44. The Labute approximate surface area is 125 Å². The van der Waals surface area contributed by atoms with Crippen molar-refractivity contribution in [2.45, 2.75) is 6.42 Å². The van der Waals surface area contributed by atoms with Crippen molar-refractivity contribution in [3.05, 3.63) is 30.5 Å². The molecule has 0 aliphatic carbocycles. The highest BCUT2D eigenvalue weighted by Gasteiger charge is 2.05. The normalized spacial score (nSPS) is 10.8. The first-order valence-electron chi connectivity index (χ1n) is 7.09. The lowest BCUT2D eigenvalue weighted by molar-refractivity contribution is 0.0705. The summed E-state index contributed by atoms with van der Waals surface area (Å²) >= 11 is 0. The van der Waals surface area contributed by atoms with Crippen LogP contribution < -0.4 is 10.1 Å². The average molecular weight is 290 g/mol. The molecule has 21 heavy (non-hydrogen) atoms. The van der Waals surface area contributed by atoms with Gasteiger partial charge in [-0.3, -0.25) is 0 Å². The van der Waals surface area contributed by atoms with Crippen LogP contribution in [0.1, 0.15) is 6.42 Å². The first-order valence-corrected chi connectivity index (χ1v) is 7.09. The van der Waals surface area contributed by atoms with Gasteiger partial charge in [-0.15, -0.1) is 0 Å². The van der Waals surface area contributed by atoms with E-state index in [2.05, 4.69) is 10.3 Å². The lowest BCUT2D eigenvalue weighted by Gasteiger charge is -2.11. The predicted molar refractivity (Wildman–Crippen MR) is 84.1 cm³/mol. The van der Waals surface area contributed by atoms with Crippen molar-refractivity contribution in [3.8, 4) is 5.75 Å². The molecular weight excluding hydrogens is 268 g/mol. The van der Waals surface area contributed by atoms with Crippen molar-refractivity contribution in [1.29, 1.82) is 0 Å². The molecule has 2 rings (SSSR count). The number of nitrogens with zero attached hydrogens (tertiary/aromatic N) is 1. The van der Waals surface area contributed by atoms with E-state index >= 15 is 0 Å². The molecule has 5 nitrogen and oxygen atoms in total. The number of hydrogen-bond donors (Lipinski definition) is 1. The van der Waals surface area contributed by atoms with Gasteiger partial charge in [0.1, 0.15) is 11.6 Å². The Balaban J connectivity index is 1.90. The molecule has 0 aliphatic rings. The average Bonchev–Trinajstić information content (AvgIpc) is 2.53. The molecule has 0 atom stereocenters. The molecule has 0 amide bonds. The SMILES string of the molecule is COCCOCCCNc1nccc2c(OC)cccc12. The highest BCUT2D eigenvalue weighted by Crippen LogP contribution is 2.28. The standard InChI is InChI=1S/C16H22N2O3/c1-19-11-12-21-10-4-8-17-16-14-5-3-6-15(20-2)13(14)7-9-18-16/h3,5-7,9H,4,8,10-12H2,1-2H3,(H,17,18). The molecule has 1 aromatic carbocycles. The molecule has 0 saturated heterocycles. The first-order chi connectivity index (χ1) is 10.4. The third-order valence-corrected chi connectivity index (χ3v) is 3.18. The molecule has 0 radical (unpaired) electrons. The molecule has 0 spiro atoms. The lowest BCUT2D eigenvalue weighted by atomic mass is 10.1. The molecule has 5 heteroatoms. The number of benzene rings is 1. The van der Waals surface area contributed by atoms with Crippen molar-refractivity contribution in [2.75, 3.05) is 45.9 Å². The van der Waals surface area contributed by atoms with E-state index in [1.807, 2.05) is 24.3 Å². The van der Waals surface area contributed by atoms with Crippen molar-refractivity contribution in [2.24, 2.45) is 0 Å². The minimum atomic E-state index is 0.637. The molecule has 0 bridgehead atoms. The topological polar surface area (TPSA) is 52.6 Å². The van der Waals surface area contributed by atoms with Gasteiger partial charge in [0.25, 0.3) is 0 Å². The van der Waals surface area contributed by atoms with E-state index in [9.17, 15) is 0 Å². The summed E-state index contributed by atoms with van der Waals surface area (Å²) in [6, 6.07) is 7.94. The number of pyridine rings is 1. The van der Waals surface area contributed by atoms with E-state index in [0.29, 0.717) is 19.8 Å². The van der Waals surface area contributed by atoms with Gasteiger partial charge in [-0.1, -0.05) is 12.1 Å². The quantitative estimate of drug-likeness (QED) is 0.720. The van der Waals surface area contributed by atoms with Crippen molar-refractivity contribution in [3.63, 3.8) is 0 Å². The van der Waals surface area contributed by atoms with Crippen LogP contribution in [0.25, 0.3) is 10.8 Å². The van der Waals surface area contributed by atoms with Gasteiger partial charge in [-0.05, 0) is 18.6 Å². The van der Waals surface area contributed by atoms with E-state index in [1.165, 1.54) is 0 Å². The lowest BCUT2D eigenvalue weighted by Crippen LogP contribution is -2.09. The van der Waals surface area contributed by atoms with E-state index in [1.54, 1.807) is 20.4 Å². The number of aromatic nitrogens is 1. The maximum atomic E-state index is 5.43. The molecule has 0 saturated carbocycles. The molecule has 1 aromatic heterocycles. The van der Waals surface area contributed by atoms with Gasteiger partial charge < -0.3 is 19.5 Å². The molecule has 114 valence electrons. The summed E-state index contributed by atoms with van der Waals surface area (Å²) in [5.41, 5.74) is 0. The number of fused-ring (bicyclic) bond motifs is 1. The van der Waals surface area contributed by atoms with Crippen LogP contribution in [0.15, 0.2) is 30.5 Å². The van der Waals surface area contributed by atoms with E-state index in [0.717, 1.165) is 35.3 Å². The molecule has 2 aromatic rings. The van der Waals surface area contributed by atoms with E-state index in [4.69, 9.17) is 14.2 Å². The third kappa shape index (κ3) is 4.31. The zero-order valence-corrected chi connectivity index (χ0v) is 12.6. The van der Waals surface area contributed by atoms with Gasteiger partial charge in [0.05, 0.1) is 20.3 Å². The summed E-state index contributed by atoms with van der Waals surface area (Å²) in [5.74, 6) is 1.74. The zero-order valence-electron chi connectivity index (χ0n) is 12.6. The largest absolute Gasteiger partial charge is 0.496 e. The molecule has 0 aliphatic heterocycles. The number of nitrogens with one attached hydrogen (secondary N) is 1. The van der Waals surface area contributed by atoms with Crippen LogP contribution in [0.2, 0.25) is 0 Å². The number of hydrogen-bond acceptors (Lipinski definition) is 5. The van der Waals surface area contributed by atoms with Crippen LogP contribution in [0, 0.1) is 0 Å². The van der Waals surface area contributed by atoms with Gasteiger partial charge in [0, 0.05) is 37.2 Å². The molecular formula is C16H22N2O3. The molecule has 0 unspecified atom stereocenters. The van der Waals surface area contributed by atoms with Crippen LogP contribution in [-0.2, 0) is 9.47 Å². The Kier molecular flexibility index (Phi) is 6.24. The van der Waals surface area contributed by atoms with Crippen LogP contribution >= 0.6 is 0 Å². The van der Waals surface area contributed by atoms with Crippen molar-refractivity contribution >= 4 is 16.6 Å². The summed E-state index contributed by atoms with van der Waals surface area (Å²) in [7, 11) is 3.35. The van der Waals surface area contributed by atoms with Crippen LogP contribution in [0.4, 0.5) is 5.82 Å². The highest BCUT2D eigenvalue weighted by molar-refractivity contribution is 5.95. The molecule has 1 N–H and O–H groups in total. The Hall–Kier alpha value is -1.85. The summed E-state index contributed by atoms with van der Waals surface area (Å²) < 4.78 is 15.7. The second-order valence-electron chi connectivity index (χ2n) is 4.60. The second-order valence-corrected chi connectivity index (χ2v) is 4.60. The monoisotopic (exact) mass is 290 g/mol. The Bertz CT molecular complexity index is 560. The summed E-state index contributed by atoms with van der Waals surface area (Å²) in [5, 5.41) is 5.48.